The molecule has 0 bridgehead atoms. The quantitative estimate of drug-likeness (QED) is 0.390. The van der Waals surface area contributed by atoms with Gasteiger partial charge in [0.05, 0.1) is 23.5 Å². The van der Waals surface area contributed by atoms with Crippen molar-refractivity contribution in [2.45, 2.75) is 39.3 Å². The topological polar surface area (TPSA) is 81.3 Å². The second-order valence-corrected chi connectivity index (χ2v) is 8.85. The molecule has 1 N–H and O–H groups in total. The zero-order valence-electron chi connectivity index (χ0n) is 19.8. The highest BCUT2D eigenvalue weighted by Crippen LogP contribution is 2.17. The fourth-order valence-corrected chi connectivity index (χ4v) is 4.36. The first-order valence-corrected chi connectivity index (χ1v) is 11.8. The van der Waals surface area contributed by atoms with Crippen molar-refractivity contribution in [3.63, 3.8) is 0 Å². The number of carbonyl (C=O) groups excluding carboxylic acids is 1. The molecule has 0 unspecified atom stereocenters. The average Bonchev–Trinajstić information content (AvgIpc) is 3.31. The van der Waals surface area contributed by atoms with Crippen molar-refractivity contribution < 1.29 is 4.79 Å². The lowest BCUT2D eigenvalue weighted by Crippen LogP contribution is -2.27. The predicted molar refractivity (Wildman–Crippen MR) is 136 cm³/mol. The van der Waals surface area contributed by atoms with E-state index in [0.717, 1.165) is 22.2 Å². The standard InChI is InChI=1S/C28H27N5O2/c1-19-12-14-21(15-13-19)18-32-27(35)23-10-6-7-11-24(23)33-25(30-31-28(32)33)16-17-26(34)29-20(2)22-8-4-3-5-9-22/h3-15,20H,16-18H2,1-2H3,(H,29,34)/t20-/m0/s1. The third kappa shape index (κ3) is 4.57. The van der Waals surface area contributed by atoms with Gasteiger partial charge < -0.3 is 5.32 Å². The van der Waals surface area contributed by atoms with E-state index in [4.69, 9.17) is 0 Å². The summed E-state index contributed by atoms with van der Waals surface area (Å²) in [6.07, 6.45) is 0.671. The summed E-state index contributed by atoms with van der Waals surface area (Å²) in [7, 11) is 0. The van der Waals surface area contributed by atoms with Crippen LogP contribution < -0.4 is 10.9 Å². The molecular formula is C28H27N5O2. The number of carbonyl (C=O) groups is 1. The molecular weight excluding hydrogens is 438 g/mol. The Morgan fingerprint density at radius 3 is 2.43 bits per heavy atom. The molecule has 7 nitrogen and oxygen atoms in total. The molecule has 0 saturated carbocycles. The third-order valence-corrected chi connectivity index (χ3v) is 6.29. The number of fused-ring (bicyclic) bond motifs is 3. The SMILES string of the molecule is Cc1ccc(Cn2c(=O)c3ccccc3n3c(CCC(=O)N[C@@H](C)c4ccccc4)nnc23)cc1. The summed E-state index contributed by atoms with van der Waals surface area (Å²) in [6.45, 7) is 4.39. The molecule has 0 radical (unpaired) electrons. The van der Waals surface area contributed by atoms with Crippen LogP contribution >= 0.6 is 0 Å². The van der Waals surface area contributed by atoms with E-state index in [1.54, 1.807) is 4.57 Å². The van der Waals surface area contributed by atoms with Crippen LogP contribution in [0.15, 0.2) is 83.7 Å². The molecule has 1 atom stereocenters. The highest BCUT2D eigenvalue weighted by molar-refractivity contribution is 5.80. The number of aromatic nitrogens is 4. The fraction of sp³-hybridized carbons (Fsp3) is 0.214. The molecule has 0 aliphatic heterocycles. The Bertz CT molecular complexity index is 1550. The van der Waals surface area contributed by atoms with Crippen LogP contribution in [0.3, 0.4) is 0 Å². The average molecular weight is 466 g/mol. The number of rotatable bonds is 7. The first-order chi connectivity index (χ1) is 17.0. The van der Waals surface area contributed by atoms with Crippen LogP contribution in [0.5, 0.6) is 0 Å². The van der Waals surface area contributed by atoms with Crippen molar-refractivity contribution in [2.24, 2.45) is 0 Å². The van der Waals surface area contributed by atoms with Gasteiger partial charge in [-0.25, -0.2) is 0 Å². The first-order valence-electron chi connectivity index (χ1n) is 11.8. The molecule has 3 aromatic carbocycles. The number of aryl methyl sites for hydroxylation is 2. The lowest BCUT2D eigenvalue weighted by Gasteiger charge is -2.14. The lowest BCUT2D eigenvalue weighted by molar-refractivity contribution is -0.121. The summed E-state index contributed by atoms with van der Waals surface area (Å²) in [4.78, 5) is 26.1. The van der Waals surface area contributed by atoms with E-state index in [9.17, 15) is 9.59 Å². The number of nitrogens with zero attached hydrogens (tertiary/aromatic N) is 4. The first kappa shape index (κ1) is 22.5. The molecule has 2 heterocycles. The van der Waals surface area contributed by atoms with Crippen LogP contribution in [0.2, 0.25) is 0 Å². The van der Waals surface area contributed by atoms with Crippen LogP contribution in [0.1, 0.15) is 41.9 Å². The van der Waals surface area contributed by atoms with Gasteiger partial charge in [-0.05, 0) is 37.1 Å². The van der Waals surface area contributed by atoms with E-state index in [0.29, 0.717) is 30.0 Å². The normalized spacial score (nSPS) is 12.2. The molecule has 5 rings (SSSR count). The van der Waals surface area contributed by atoms with Gasteiger partial charge in [0, 0.05) is 12.8 Å². The largest absolute Gasteiger partial charge is 0.350 e. The second-order valence-electron chi connectivity index (χ2n) is 8.85. The molecule has 35 heavy (non-hydrogen) atoms. The van der Waals surface area contributed by atoms with Gasteiger partial charge in [0.25, 0.3) is 5.56 Å². The number of amides is 1. The van der Waals surface area contributed by atoms with Gasteiger partial charge in [-0.2, -0.15) is 0 Å². The summed E-state index contributed by atoms with van der Waals surface area (Å²) < 4.78 is 3.56. The molecule has 0 aliphatic carbocycles. The molecule has 176 valence electrons. The molecule has 0 saturated heterocycles. The van der Waals surface area contributed by atoms with E-state index in [-0.39, 0.29) is 23.9 Å². The van der Waals surface area contributed by atoms with Gasteiger partial charge in [0.2, 0.25) is 11.7 Å². The van der Waals surface area contributed by atoms with Crippen molar-refractivity contribution in [3.05, 3.63) is 112 Å². The van der Waals surface area contributed by atoms with Gasteiger partial charge in [-0.1, -0.05) is 72.3 Å². The summed E-state index contributed by atoms with van der Waals surface area (Å²) in [5, 5.41) is 12.4. The minimum absolute atomic E-state index is 0.0598. The zero-order valence-corrected chi connectivity index (χ0v) is 19.8. The maximum atomic E-state index is 13.4. The van der Waals surface area contributed by atoms with Gasteiger partial charge in [0.15, 0.2) is 0 Å². The molecule has 0 fully saturated rings. The number of hydrogen-bond donors (Lipinski definition) is 1. The van der Waals surface area contributed by atoms with Crippen molar-refractivity contribution in [1.29, 1.82) is 0 Å². The van der Waals surface area contributed by atoms with Crippen molar-refractivity contribution in [3.8, 4) is 0 Å². The van der Waals surface area contributed by atoms with Crippen LogP contribution in [0, 0.1) is 6.92 Å². The molecule has 2 aromatic heterocycles. The fourth-order valence-electron chi connectivity index (χ4n) is 4.36. The number of benzene rings is 3. The summed E-state index contributed by atoms with van der Waals surface area (Å²) in [5.41, 5.74) is 3.86. The Kier molecular flexibility index (Phi) is 6.14. The predicted octanol–water partition coefficient (Wildman–Crippen LogP) is 4.21. The van der Waals surface area contributed by atoms with Crippen LogP contribution in [0.25, 0.3) is 16.7 Å². The van der Waals surface area contributed by atoms with Gasteiger partial charge in [-0.15, -0.1) is 10.2 Å². The Balaban J connectivity index is 1.45. The van der Waals surface area contributed by atoms with Crippen molar-refractivity contribution in [2.75, 3.05) is 0 Å². The molecule has 0 spiro atoms. The van der Waals surface area contributed by atoms with E-state index >= 15 is 0 Å². The highest BCUT2D eigenvalue weighted by atomic mass is 16.1. The van der Waals surface area contributed by atoms with Crippen molar-refractivity contribution in [1.82, 2.24) is 24.5 Å². The summed E-state index contributed by atoms with van der Waals surface area (Å²) in [6, 6.07) is 25.3. The number of nitrogens with one attached hydrogen (secondary N) is 1. The second kappa shape index (κ2) is 9.54. The summed E-state index contributed by atoms with van der Waals surface area (Å²) in [5.74, 6) is 1.06. The van der Waals surface area contributed by atoms with Crippen molar-refractivity contribution >= 4 is 22.6 Å². The van der Waals surface area contributed by atoms with Crippen LogP contribution in [-0.2, 0) is 17.8 Å². The van der Waals surface area contributed by atoms with Gasteiger partial charge >= 0.3 is 0 Å². The molecule has 0 aliphatic rings. The van der Waals surface area contributed by atoms with Gasteiger partial charge in [0.1, 0.15) is 5.82 Å². The highest BCUT2D eigenvalue weighted by Gasteiger charge is 2.18. The Morgan fingerprint density at radius 2 is 1.66 bits per heavy atom. The number of hydrogen-bond acceptors (Lipinski definition) is 4. The smallest absolute Gasteiger partial charge is 0.263 e. The Labute approximate surface area is 203 Å². The monoisotopic (exact) mass is 465 g/mol. The van der Waals surface area contributed by atoms with E-state index in [1.807, 2.05) is 97.1 Å². The minimum atomic E-state index is -0.109. The Hall–Kier alpha value is -4.26. The summed E-state index contributed by atoms with van der Waals surface area (Å²) >= 11 is 0. The molecule has 1 amide bonds. The zero-order chi connectivity index (χ0) is 24.4. The van der Waals surface area contributed by atoms with Gasteiger partial charge in [-0.3, -0.25) is 18.6 Å². The third-order valence-electron chi connectivity index (χ3n) is 6.29. The lowest BCUT2D eigenvalue weighted by atomic mass is 10.1. The minimum Gasteiger partial charge on any atom is -0.350 e. The van der Waals surface area contributed by atoms with E-state index < -0.39 is 0 Å². The molecule has 7 heteroatoms. The maximum absolute atomic E-state index is 13.4. The maximum Gasteiger partial charge on any atom is 0.263 e. The van der Waals surface area contributed by atoms with E-state index in [1.165, 1.54) is 0 Å². The molecule has 5 aromatic rings. The van der Waals surface area contributed by atoms with Crippen LogP contribution in [0.4, 0.5) is 0 Å². The Morgan fingerprint density at radius 1 is 0.943 bits per heavy atom. The van der Waals surface area contributed by atoms with Crippen LogP contribution in [-0.4, -0.2) is 25.1 Å². The number of para-hydroxylation sites is 1. The van der Waals surface area contributed by atoms with E-state index in [2.05, 4.69) is 15.5 Å².